The molecular formula is C19H17IN2O3. The normalized spacial score (nSPS) is 10.8. The van der Waals surface area contributed by atoms with Crippen molar-refractivity contribution in [1.82, 2.24) is 0 Å². The number of methoxy groups -OCH3 is 2. The first kappa shape index (κ1) is 18.8. The lowest BCUT2D eigenvalue weighted by atomic mass is 10.1. The molecule has 5 nitrogen and oxygen atoms in total. The molecule has 1 N–H and O–H groups in total. The van der Waals surface area contributed by atoms with Crippen molar-refractivity contribution in [2.24, 2.45) is 0 Å². The highest BCUT2D eigenvalue weighted by Crippen LogP contribution is 2.34. The van der Waals surface area contributed by atoms with Crippen LogP contribution in [0.3, 0.4) is 0 Å². The fraction of sp³-hybridized carbons (Fsp3) is 0.158. The van der Waals surface area contributed by atoms with Gasteiger partial charge >= 0.3 is 0 Å². The Morgan fingerprint density at radius 2 is 2.00 bits per heavy atom. The van der Waals surface area contributed by atoms with E-state index in [1.54, 1.807) is 19.2 Å². The molecule has 0 atom stereocenters. The van der Waals surface area contributed by atoms with Crippen LogP contribution in [-0.4, -0.2) is 20.1 Å². The maximum absolute atomic E-state index is 12.4. The molecular weight excluding hydrogens is 431 g/mol. The third kappa shape index (κ3) is 4.73. The smallest absolute Gasteiger partial charge is 0.266 e. The van der Waals surface area contributed by atoms with E-state index in [1.165, 1.54) is 13.2 Å². The highest BCUT2D eigenvalue weighted by atomic mass is 127. The van der Waals surface area contributed by atoms with E-state index in [2.05, 4.69) is 27.9 Å². The molecule has 0 heterocycles. The van der Waals surface area contributed by atoms with E-state index in [0.29, 0.717) is 22.7 Å². The summed E-state index contributed by atoms with van der Waals surface area (Å²) in [6, 6.07) is 12.9. The number of nitrogens with zero attached hydrogens (tertiary/aromatic N) is 1. The second-order valence-corrected chi connectivity index (χ2v) is 6.39. The van der Waals surface area contributed by atoms with Crippen LogP contribution in [0.25, 0.3) is 6.08 Å². The molecule has 2 rings (SSSR count). The van der Waals surface area contributed by atoms with E-state index in [0.717, 1.165) is 9.13 Å². The average Bonchev–Trinajstić information content (AvgIpc) is 2.58. The van der Waals surface area contributed by atoms with E-state index in [-0.39, 0.29) is 5.57 Å². The Bertz CT molecular complexity index is 869. The minimum atomic E-state index is -0.460. The third-order valence-electron chi connectivity index (χ3n) is 3.41. The Hall–Kier alpha value is -2.53. The Balaban J connectivity index is 2.32. The number of amides is 1. The van der Waals surface area contributed by atoms with Crippen LogP contribution >= 0.6 is 22.6 Å². The summed E-state index contributed by atoms with van der Waals surface area (Å²) < 4.78 is 11.4. The highest BCUT2D eigenvalue weighted by Gasteiger charge is 2.13. The van der Waals surface area contributed by atoms with Gasteiger partial charge in [-0.25, -0.2) is 0 Å². The number of hydrogen-bond donors (Lipinski definition) is 1. The van der Waals surface area contributed by atoms with Gasteiger partial charge in [0.05, 0.1) is 17.8 Å². The van der Waals surface area contributed by atoms with Crippen molar-refractivity contribution in [3.05, 3.63) is 56.7 Å². The van der Waals surface area contributed by atoms with Gasteiger partial charge in [-0.1, -0.05) is 12.1 Å². The molecule has 0 aliphatic carbocycles. The third-order valence-corrected chi connectivity index (χ3v) is 4.21. The molecule has 2 aromatic carbocycles. The van der Waals surface area contributed by atoms with Crippen molar-refractivity contribution in [1.29, 1.82) is 5.26 Å². The number of ether oxygens (including phenoxy) is 2. The van der Waals surface area contributed by atoms with Crippen LogP contribution < -0.4 is 14.8 Å². The van der Waals surface area contributed by atoms with Gasteiger partial charge in [0.1, 0.15) is 11.6 Å². The Kier molecular flexibility index (Phi) is 6.42. The average molecular weight is 448 g/mol. The van der Waals surface area contributed by atoms with Gasteiger partial charge < -0.3 is 14.8 Å². The van der Waals surface area contributed by atoms with Crippen molar-refractivity contribution >= 4 is 40.3 Å². The number of nitriles is 1. The van der Waals surface area contributed by atoms with Crippen molar-refractivity contribution in [3.8, 4) is 17.6 Å². The zero-order valence-corrected chi connectivity index (χ0v) is 16.2. The topological polar surface area (TPSA) is 71.3 Å². The van der Waals surface area contributed by atoms with E-state index in [9.17, 15) is 10.1 Å². The van der Waals surface area contributed by atoms with Crippen molar-refractivity contribution in [3.63, 3.8) is 0 Å². The zero-order chi connectivity index (χ0) is 18.4. The number of carbonyl (C=O) groups excluding carboxylic acids is 1. The highest BCUT2D eigenvalue weighted by molar-refractivity contribution is 14.1. The minimum Gasteiger partial charge on any atom is -0.493 e. The lowest BCUT2D eigenvalue weighted by Gasteiger charge is -2.11. The Morgan fingerprint density at radius 1 is 1.24 bits per heavy atom. The second-order valence-electron chi connectivity index (χ2n) is 5.23. The first-order valence-corrected chi connectivity index (χ1v) is 8.47. The number of hydrogen-bond acceptors (Lipinski definition) is 4. The zero-order valence-electron chi connectivity index (χ0n) is 14.1. The van der Waals surface area contributed by atoms with Crippen molar-refractivity contribution in [2.75, 3.05) is 19.5 Å². The SMILES string of the molecule is COc1cc(/C=C(/C#N)C(=O)Nc2cccc(C)c2)cc(I)c1OC. The number of anilines is 1. The van der Waals surface area contributed by atoms with Gasteiger partial charge in [-0.05, 0) is 71.0 Å². The molecule has 2 aromatic rings. The van der Waals surface area contributed by atoms with Crippen LogP contribution in [0.2, 0.25) is 0 Å². The Morgan fingerprint density at radius 3 is 2.60 bits per heavy atom. The molecule has 0 spiro atoms. The molecule has 0 radical (unpaired) electrons. The molecule has 0 aliphatic heterocycles. The molecule has 0 aliphatic rings. The number of aryl methyl sites for hydroxylation is 1. The van der Waals surface area contributed by atoms with E-state index >= 15 is 0 Å². The lowest BCUT2D eigenvalue weighted by molar-refractivity contribution is -0.112. The minimum absolute atomic E-state index is 0.00419. The van der Waals surface area contributed by atoms with Crippen LogP contribution in [-0.2, 0) is 4.79 Å². The van der Waals surface area contributed by atoms with Gasteiger partial charge in [0, 0.05) is 5.69 Å². The molecule has 6 heteroatoms. The molecule has 0 saturated heterocycles. The summed E-state index contributed by atoms with van der Waals surface area (Å²) in [5.41, 5.74) is 2.35. The fourth-order valence-electron chi connectivity index (χ4n) is 2.26. The second kappa shape index (κ2) is 8.53. The van der Waals surface area contributed by atoms with Gasteiger partial charge in [0.15, 0.2) is 11.5 Å². The first-order valence-electron chi connectivity index (χ1n) is 7.39. The lowest BCUT2D eigenvalue weighted by Crippen LogP contribution is -2.13. The predicted molar refractivity (Wildman–Crippen MR) is 106 cm³/mol. The van der Waals surface area contributed by atoms with E-state index in [1.807, 2.05) is 37.3 Å². The van der Waals surface area contributed by atoms with Crippen LogP contribution in [0, 0.1) is 21.8 Å². The molecule has 0 saturated carbocycles. The van der Waals surface area contributed by atoms with Gasteiger partial charge in [0.25, 0.3) is 5.91 Å². The van der Waals surface area contributed by atoms with Gasteiger partial charge in [-0.3, -0.25) is 4.79 Å². The summed E-state index contributed by atoms with van der Waals surface area (Å²) in [5, 5.41) is 12.1. The monoisotopic (exact) mass is 448 g/mol. The molecule has 0 fully saturated rings. The molecule has 25 heavy (non-hydrogen) atoms. The van der Waals surface area contributed by atoms with Crippen LogP contribution in [0.5, 0.6) is 11.5 Å². The summed E-state index contributed by atoms with van der Waals surface area (Å²) in [6.45, 7) is 1.93. The maximum atomic E-state index is 12.4. The summed E-state index contributed by atoms with van der Waals surface area (Å²) >= 11 is 2.12. The molecule has 0 aromatic heterocycles. The van der Waals surface area contributed by atoms with E-state index < -0.39 is 5.91 Å². The Labute approximate surface area is 160 Å². The largest absolute Gasteiger partial charge is 0.493 e. The van der Waals surface area contributed by atoms with Gasteiger partial charge in [0.2, 0.25) is 0 Å². The van der Waals surface area contributed by atoms with Crippen LogP contribution in [0.15, 0.2) is 42.0 Å². The van der Waals surface area contributed by atoms with Crippen molar-refractivity contribution in [2.45, 2.75) is 6.92 Å². The number of benzene rings is 2. The van der Waals surface area contributed by atoms with Crippen molar-refractivity contribution < 1.29 is 14.3 Å². The van der Waals surface area contributed by atoms with Crippen LogP contribution in [0.4, 0.5) is 5.69 Å². The quantitative estimate of drug-likeness (QED) is 0.424. The summed E-state index contributed by atoms with van der Waals surface area (Å²) in [4.78, 5) is 12.4. The van der Waals surface area contributed by atoms with Gasteiger partial charge in [-0.15, -0.1) is 0 Å². The standard InChI is InChI=1S/C19H17IN2O3/c1-12-5-4-6-15(7-12)22-19(23)14(11-21)8-13-9-16(20)18(25-3)17(10-13)24-2/h4-10H,1-3H3,(H,22,23)/b14-8-. The number of carbonyl (C=O) groups is 1. The fourth-order valence-corrected chi connectivity index (χ4v) is 3.10. The first-order chi connectivity index (χ1) is 12.0. The van der Waals surface area contributed by atoms with Gasteiger partial charge in [-0.2, -0.15) is 5.26 Å². The molecule has 0 bridgehead atoms. The van der Waals surface area contributed by atoms with Crippen LogP contribution in [0.1, 0.15) is 11.1 Å². The number of nitrogens with one attached hydrogen (secondary N) is 1. The summed E-state index contributed by atoms with van der Waals surface area (Å²) in [5.74, 6) is 0.692. The van der Waals surface area contributed by atoms with E-state index in [4.69, 9.17) is 9.47 Å². The molecule has 1 amide bonds. The summed E-state index contributed by atoms with van der Waals surface area (Å²) in [6.07, 6.45) is 1.52. The maximum Gasteiger partial charge on any atom is 0.266 e. The molecule has 0 unspecified atom stereocenters. The number of halogens is 1. The number of rotatable bonds is 5. The summed E-state index contributed by atoms with van der Waals surface area (Å²) in [7, 11) is 3.10. The predicted octanol–water partition coefficient (Wildman–Crippen LogP) is 4.16. The molecule has 128 valence electrons.